The van der Waals surface area contributed by atoms with E-state index in [2.05, 4.69) is 40.5 Å². The maximum Gasteiger partial charge on any atom is 0.244 e. The van der Waals surface area contributed by atoms with Crippen LogP contribution in [0.3, 0.4) is 0 Å². The number of hydrogen-bond donors (Lipinski definition) is 2. The first-order valence-corrected chi connectivity index (χ1v) is 11.1. The zero-order valence-electron chi connectivity index (χ0n) is 18.1. The molecule has 0 bridgehead atoms. The Morgan fingerprint density at radius 1 is 1.03 bits per heavy atom. The van der Waals surface area contributed by atoms with Crippen LogP contribution >= 0.6 is 0 Å². The molecule has 0 unspecified atom stereocenters. The lowest BCUT2D eigenvalue weighted by Gasteiger charge is -2.24. The predicted octanol–water partition coefficient (Wildman–Crippen LogP) is 5.35. The van der Waals surface area contributed by atoms with Crippen molar-refractivity contribution in [3.8, 4) is 29.0 Å². The molecule has 1 fully saturated rings. The van der Waals surface area contributed by atoms with E-state index in [1.807, 2.05) is 24.3 Å². The van der Waals surface area contributed by atoms with Gasteiger partial charge in [-0.2, -0.15) is 5.26 Å². The van der Waals surface area contributed by atoms with Gasteiger partial charge in [0.2, 0.25) is 11.8 Å². The first-order chi connectivity index (χ1) is 15.7. The van der Waals surface area contributed by atoms with Crippen molar-refractivity contribution >= 4 is 0 Å². The van der Waals surface area contributed by atoms with Crippen LogP contribution in [0.4, 0.5) is 0 Å². The summed E-state index contributed by atoms with van der Waals surface area (Å²) in [6, 6.07) is 18.6. The number of allylic oxidation sites excluding steroid dienone is 1. The number of benzene rings is 2. The van der Waals surface area contributed by atoms with Crippen LogP contribution in [0.25, 0.3) is 11.3 Å². The topological polar surface area (TPSA) is 96.9 Å². The Balaban J connectivity index is 1.56. The third-order valence-electron chi connectivity index (χ3n) is 6.66. The summed E-state index contributed by atoms with van der Waals surface area (Å²) in [6.07, 6.45) is 6.50. The Morgan fingerprint density at radius 3 is 2.38 bits per heavy atom. The second-order valence-electron chi connectivity index (χ2n) is 8.47. The molecule has 32 heavy (non-hydrogen) atoms. The largest absolute Gasteiger partial charge is 0.497 e. The standard InChI is InChI=1S/C26H26N4O2/c1-31-20-13-11-18(12-14-20)22-21(15-27)25(28)32-26-23(22)24(29-30-26)19-9-7-17(8-10-19)16-5-3-2-4-6-16/h7-14,16,22H,2-6,28H2,1H3,(H,29,30)/t22-/m1/s1. The highest BCUT2D eigenvalue weighted by molar-refractivity contribution is 5.71. The van der Waals surface area contributed by atoms with Crippen molar-refractivity contribution in [2.45, 2.75) is 43.9 Å². The van der Waals surface area contributed by atoms with Gasteiger partial charge in [0.05, 0.1) is 24.3 Å². The maximum absolute atomic E-state index is 9.88. The Hall–Kier alpha value is -3.72. The molecule has 0 radical (unpaired) electrons. The number of hydrogen-bond acceptors (Lipinski definition) is 5. The van der Waals surface area contributed by atoms with Gasteiger partial charge in [-0.05, 0) is 42.0 Å². The lowest BCUT2D eigenvalue weighted by Crippen LogP contribution is -2.21. The van der Waals surface area contributed by atoms with Gasteiger partial charge in [-0.1, -0.05) is 55.7 Å². The number of fused-ring (bicyclic) bond motifs is 1. The van der Waals surface area contributed by atoms with Gasteiger partial charge >= 0.3 is 0 Å². The summed E-state index contributed by atoms with van der Waals surface area (Å²) in [5, 5.41) is 17.4. The summed E-state index contributed by atoms with van der Waals surface area (Å²) in [4.78, 5) is 0. The second kappa shape index (κ2) is 8.43. The predicted molar refractivity (Wildman–Crippen MR) is 122 cm³/mol. The molecule has 1 saturated carbocycles. The van der Waals surface area contributed by atoms with Crippen LogP contribution in [0, 0.1) is 11.3 Å². The molecule has 0 amide bonds. The molecule has 2 heterocycles. The van der Waals surface area contributed by atoms with Gasteiger partial charge in [0.25, 0.3) is 0 Å². The third-order valence-corrected chi connectivity index (χ3v) is 6.66. The third kappa shape index (κ3) is 3.50. The van der Waals surface area contributed by atoms with Crippen molar-refractivity contribution in [1.29, 1.82) is 5.26 Å². The van der Waals surface area contributed by atoms with E-state index >= 15 is 0 Å². The lowest BCUT2D eigenvalue weighted by atomic mass is 9.82. The van der Waals surface area contributed by atoms with E-state index in [1.54, 1.807) is 7.11 Å². The van der Waals surface area contributed by atoms with E-state index < -0.39 is 0 Å². The number of aromatic nitrogens is 2. The first kappa shape index (κ1) is 20.2. The number of nitrogens with zero attached hydrogens (tertiary/aromatic N) is 2. The average Bonchev–Trinajstić information content (AvgIpc) is 3.27. The fourth-order valence-electron chi connectivity index (χ4n) is 4.95. The monoisotopic (exact) mass is 426 g/mol. The van der Waals surface area contributed by atoms with Crippen LogP contribution in [0.15, 0.2) is 60.0 Å². The summed E-state index contributed by atoms with van der Waals surface area (Å²) in [6.45, 7) is 0. The number of aromatic amines is 1. The summed E-state index contributed by atoms with van der Waals surface area (Å²) in [7, 11) is 1.63. The normalized spacial score (nSPS) is 18.6. The number of nitriles is 1. The molecule has 1 aliphatic carbocycles. The van der Waals surface area contributed by atoms with Crippen LogP contribution in [0.5, 0.6) is 11.6 Å². The van der Waals surface area contributed by atoms with Crippen molar-refractivity contribution in [2.24, 2.45) is 5.73 Å². The molecule has 0 spiro atoms. The quantitative estimate of drug-likeness (QED) is 0.586. The molecule has 2 aliphatic rings. The molecule has 3 N–H and O–H groups in total. The van der Waals surface area contributed by atoms with Gasteiger partial charge in [0, 0.05) is 5.56 Å². The zero-order valence-corrected chi connectivity index (χ0v) is 18.1. The van der Waals surface area contributed by atoms with Crippen LogP contribution in [0.1, 0.15) is 60.6 Å². The highest BCUT2D eigenvalue weighted by Crippen LogP contribution is 2.46. The van der Waals surface area contributed by atoms with E-state index in [0.29, 0.717) is 17.4 Å². The molecule has 0 saturated heterocycles. The lowest BCUT2D eigenvalue weighted by molar-refractivity contribution is 0.379. The van der Waals surface area contributed by atoms with Gasteiger partial charge in [-0.3, -0.25) is 5.10 Å². The van der Waals surface area contributed by atoms with Gasteiger partial charge in [-0.15, -0.1) is 5.10 Å². The molecule has 3 aromatic rings. The number of ether oxygens (including phenoxy) is 2. The summed E-state index contributed by atoms with van der Waals surface area (Å²) < 4.78 is 11.0. The molecule has 6 nitrogen and oxygen atoms in total. The van der Waals surface area contributed by atoms with Crippen LogP contribution in [-0.2, 0) is 0 Å². The van der Waals surface area contributed by atoms with Crippen molar-refractivity contribution in [3.05, 3.63) is 76.7 Å². The SMILES string of the molecule is COc1ccc([C@@H]2C(C#N)=C(N)Oc3n[nH]c(-c4ccc(C5CCCCC5)cc4)c32)cc1. The zero-order chi connectivity index (χ0) is 22.1. The molecule has 162 valence electrons. The van der Waals surface area contributed by atoms with Gasteiger partial charge in [0.1, 0.15) is 17.4 Å². The van der Waals surface area contributed by atoms with Crippen LogP contribution < -0.4 is 15.2 Å². The minimum absolute atomic E-state index is 0.0894. The van der Waals surface area contributed by atoms with Crippen molar-refractivity contribution in [1.82, 2.24) is 10.2 Å². The van der Waals surface area contributed by atoms with Crippen molar-refractivity contribution in [3.63, 3.8) is 0 Å². The Bertz CT molecular complexity index is 1180. The van der Waals surface area contributed by atoms with Gasteiger partial charge in [-0.25, -0.2) is 0 Å². The van der Waals surface area contributed by atoms with Gasteiger partial charge in [0.15, 0.2) is 0 Å². The van der Waals surface area contributed by atoms with E-state index in [1.165, 1.54) is 37.7 Å². The van der Waals surface area contributed by atoms with E-state index in [-0.39, 0.29) is 11.8 Å². The fraction of sp³-hybridized carbons (Fsp3) is 0.308. The molecule has 1 aromatic heterocycles. The Labute approximate surface area is 187 Å². The summed E-state index contributed by atoms with van der Waals surface area (Å²) in [5.74, 6) is 1.53. The number of H-pyrrole nitrogens is 1. The Kier molecular flexibility index (Phi) is 5.32. The van der Waals surface area contributed by atoms with E-state index in [4.69, 9.17) is 15.2 Å². The number of nitrogens with one attached hydrogen (secondary N) is 1. The second-order valence-corrected chi connectivity index (χ2v) is 8.47. The number of nitrogens with two attached hydrogens (primary N) is 1. The molecular formula is C26H26N4O2. The van der Waals surface area contributed by atoms with Crippen molar-refractivity contribution < 1.29 is 9.47 Å². The maximum atomic E-state index is 9.88. The summed E-state index contributed by atoms with van der Waals surface area (Å²) in [5.41, 5.74) is 11.5. The van der Waals surface area contributed by atoms with Crippen LogP contribution in [0.2, 0.25) is 0 Å². The number of rotatable bonds is 4. The molecule has 6 heteroatoms. The van der Waals surface area contributed by atoms with E-state index in [9.17, 15) is 5.26 Å². The van der Waals surface area contributed by atoms with Crippen LogP contribution in [-0.4, -0.2) is 17.3 Å². The highest BCUT2D eigenvalue weighted by Gasteiger charge is 2.35. The highest BCUT2D eigenvalue weighted by atomic mass is 16.5. The summed E-state index contributed by atoms with van der Waals surface area (Å²) >= 11 is 0. The van der Waals surface area contributed by atoms with Gasteiger partial charge < -0.3 is 15.2 Å². The minimum atomic E-state index is -0.374. The molecule has 2 aromatic carbocycles. The average molecular weight is 427 g/mol. The number of methoxy groups -OCH3 is 1. The van der Waals surface area contributed by atoms with E-state index in [0.717, 1.165) is 28.1 Å². The smallest absolute Gasteiger partial charge is 0.244 e. The molecule has 1 atom stereocenters. The Morgan fingerprint density at radius 2 is 1.72 bits per heavy atom. The minimum Gasteiger partial charge on any atom is -0.497 e. The fourth-order valence-corrected chi connectivity index (χ4v) is 4.95. The molecule has 5 rings (SSSR count). The van der Waals surface area contributed by atoms with Crippen molar-refractivity contribution in [2.75, 3.05) is 7.11 Å². The molecule has 1 aliphatic heterocycles. The first-order valence-electron chi connectivity index (χ1n) is 11.1. The molecular weight excluding hydrogens is 400 g/mol.